The second kappa shape index (κ2) is 3.07. The van der Waals surface area contributed by atoms with Crippen molar-refractivity contribution in [3.8, 4) is 0 Å². The summed E-state index contributed by atoms with van der Waals surface area (Å²) in [6.45, 7) is 1.22. The molecule has 1 aliphatic carbocycles. The van der Waals surface area contributed by atoms with Crippen LogP contribution < -0.4 is 5.32 Å². The summed E-state index contributed by atoms with van der Waals surface area (Å²) >= 11 is 1.83. The SMILES string of the molecule is c1nc2c(s1)C[C@@H]1NCCC[C@H]1C2. The van der Waals surface area contributed by atoms with E-state index in [2.05, 4.69) is 10.3 Å². The molecule has 0 bridgehead atoms. The highest BCUT2D eigenvalue weighted by Crippen LogP contribution is 2.31. The lowest BCUT2D eigenvalue weighted by Gasteiger charge is -2.35. The number of nitrogens with zero attached hydrogens (tertiary/aromatic N) is 1. The molecule has 3 rings (SSSR count). The first kappa shape index (κ1) is 7.94. The molecule has 2 nitrogen and oxygen atoms in total. The van der Waals surface area contributed by atoms with E-state index in [1.807, 2.05) is 16.8 Å². The summed E-state index contributed by atoms with van der Waals surface area (Å²) in [5, 5.41) is 3.63. The first-order valence-corrected chi connectivity index (χ1v) is 5.96. The van der Waals surface area contributed by atoms with Gasteiger partial charge < -0.3 is 5.32 Å². The van der Waals surface area contributed by atoms with Crippen LogP contribution in [0.15, 0.2) is 5.51 Å². The molecule has 0 unspecified atom stereocenters. The fourth-order valence-electron chi connectivity index (χ4n) is 2.58. The Morgan fingerprint density at radius 2 is 2.46 bits per heavy atom. The van der Waals surface area contributed by atoms with Crippen molar-refractivity contribution in [3.63, 3.8) is 0 Å². The Kier molecular flexibility index (Phi) is 1.87. The smallest absolute Gasteiger partial charge is 0.0797 e. The topological polar surface area (TPSA) is 24.9 Å². The molecule has 70 valence electrons. The van der Waals surface area contributed by atoms with E-state index in [0.717, 1.165) is 12.0 Å². The maximum absolute atomic E-state index is 4.44. The van der Waals surface area contributed by atoms with Gasteiger partial charge in [-0.1, -0.05) is 0 Å². The van der Waals surface area contributed by atoms with E-state index in [9.17, 15) is 0 Å². The van der Waals surface area contributed by atoms with E-state index in [1.54, 1.807) is 0 Å². The molecule has 13 heavy (non-hydrogen) atoms. The minimum absolute atomic E-state index is 0.752. The summed E-state index contributed by atoms with van der Waals surface area (Å²) in [4.78, 5) is 5.96. The number of thiazole rings is 1. The van der Waals surface area contributed by atoms with Crippen LogP contribution in [0.1, 0.15) is 23.4 Å². The average molecular weight is 194 g/mol. The molecule has 2 aliphatic rings. The number of piperidine rings is 1. The average Bonchev–Trinajstić information content (AvgIpc) is 2.61. The van der Waals surface area contributed by atoms with Gasteiger partial charge in [0.15, 0.2) is 0 Å². The molecule has 2 heterocycles. The molecule has 1 aromatic heterocycles. The van der Waals surface area contributed by atoms with Crippen LogP contribution in [0.25, 0.3) is 0 Å². The van der Waals surface area contributed by atoms with Crippen molar-refractivity contribution in [2.45, 2.75) is 31.7 Å². The van der Waals surface area contributed by atoms with E-state index in [-0.39, 0.29) is 0 Å². The fraction of sp³-hybridized carbons (Fsp3) is 0.700. The van der Waals surface area contributed by atoms with E-state index in [4.69, 9.17) is 0 Å². The molecule has 3 heteroatoms. The van der Waals surface area contributed by atoms with Gasteiger partial charge in [-0.3, -0.25) is 0 Å². The Bertz CT molecular complexity index is 279. The highest BCUT2D eigenvalue weighted by Gasteiger charge is 2.31. The number of hydrogen-bond acceptors (Lipinski definition) is 3. The van der Waals surface area contributed by atoms with E-state index >= 15 is 0 Å². The van der Waals surface area contributed by atoms with Crippen LogP contribution in [0.5, 0.6) is 0 Å². The van der Waals surface area contributed by atoms with Crippen molar-refractivity contribution in [2.75, 3.05) is 6.54 Å². The summed E-state index contributed by atoms with van der Waals surface area (Å²) in [6.07, 6.45) is 5.19. The van der Waals surface area contributed by atoms with Gasteiger partial charge >= 0.3 is 0 Å². The zero-order valence-corrected chi connectivity index (χ0v) is 8.44. The zero-order chi connectivity index (χ0) is 8.67. The van der Waals surface area contributed by atoms with Crippen LogP contribution in [-0.2, 0) is 12.8 Å². The third-order valence-electron chi connectivity index (χ3n) is 3.31. The molecule has 1 aromatic rings. The molecule has 0 aromatic carbocycles. The van der Waals surface area contributed by atoms with Crippen LogP contribution in [0, 0.1) is 5.92 Å². The summed E-state index contributed by atoms with van der Waals surface area (Å²) < 4.78 is 0. The van der Waals surface area contributed by atoms with Gasteiger partial charge in [0, 0.05) is 10.9 Å². The molecule has 0 spiro atoms. The molecule has 0 saturated carbocycles. The molecule has 1 saturated heterocycles. The quantitative estimate of drug-likeness (QED) is 0.678. The predicted molar refractivity (Wildman–Crippen MR) is 54.0 cm³/mol. The summed E-state index contributed by atoms with van der Waals surface area (Å²) in [6, 6.07) is 0.752. The van der Waals surface area contributed by atoms with E-state index in [1.165, 1.54) is 42.8 Å². The lowest BCUT2D eigenvalue weighted by molar-refractivity contribution is 0.263. The Morgan fingerprint density at radius 3 is 3.46 bits per heavy atom. The second-order valence-electron chi connectivity index (χ2n) is 4.09. The first-order valence-electron chi connectivity index (χ1n) is 5.08. The molecule has 1 fully saturated rings. The lowest BCUT2D eigenvalue weighted by atomic mass is 9.81. The Balaban J connectivity index is 1.89. The van der Waals surface area contributed by atoms with Gasteiger partial charge in [0.1, 0.15) is 0 Å². The van der Waals surface area contributed by atoms with Crippen LogP contribution in [0.2, 0.25) is 0 Å². The zero-order valence-electron chi connectivity index (χ0n) is 7.62. The molecular weight excluding hydrogens is 180 g/mol. The van der Waals surface area contributed by atoms with Gasteiger partial charge in [0.05, 0.1) is 11.2 Å². The van der Waals surface area contributed by atoms with Crippen molar-refractivity contribution < 1.29 is 0 Å². The van der Waals surface area contributed by atoms with Crippen molar-refractivity contribution in [3.05, 3.63) is 16.1 Å². The van der Waals surface area contributed by atoms with E-state index < -0.39 is 0 Å². The van der Waals surface area contributed by atoms with Gasteiger partial charge in [0.2, 0.25) is 0 Å². The van der Waals surface area contributed by atoms with Crippen molar-refractivity contribution >= 4 is 11.3 Å². The minimum atomic E-state index is 0.752. The number of fused-ring (bicyclic) bond motifs is 2. The Hall–Kier alpha value is -0.410. The molecule has 2 atom stereocenters. The van der Waals surface area contributed by atoms with Crippen LogP contribution >= 0.6 is 11.3 Å². The van der Waals surface area contributed by atoms with Crippen molar-refractivity contribution in [1.29, 1.82) is 0 Å². The summed E-state index contributed by atoms with van der Waals surface area (Å²) in [7, 11) is 0. The third-order valence-corrected chi connectivity index (χ3v) is 4.21. The van der Waals surface area contributed by atoms with Crippen molar-refractivity contribution in [1.82, 2.24) is 10.3 Å². The molecule has 1 N–H and O–H groups in total. The Labute approximate surface area is 82.4 Å². The van der Waals surface area contributed by atoms with Crippen LogP contribution in [-0.4, -0.2) is 17.6 Å². The fourth-order valence-corrected chi connectivity index (χ4v) is 3.43. The highest BCUT2D eigenvalue weighted by molar-refractivity contribution is 7.09. The van der Waals surface area contributed by atoms with Gasteiger partial charge in [-0.25, -0.2) is 4.98 Å². The van der Waals surface area contributed by atoms with E-state index in [0.29, 0.717) is 0 Å². The van der Waals surface area contributed by atoms with Crippen LogP contribution in [0.3, 0.4) is 0 Å². The summed E-state index contributed by atoms with van der Waals surface area (Å²) in [5.74, 6) is 0.864. The maximum Gasteiger partial charge on any atom is 0.0797 e. The number of hydrogen-bond donors (Lipinski definition) is 1. The number of aromatic nitrogens is 1. The lowest BCUT2D eigenvalue weighted by Crippen LogP contribution is -2.45. The standard InChI is InChI=1S/C10H14N2S/c1-2-7-4-9-10(13-6-12-9)5-8(7)11-3-1/h6-8,11H,1-5H2/t7-,8-/m0/s1. The minimum Gasteiger partial charge on any atom is -0.313 e. The summed E-state index contributed by atoms with van der Waals surface area (Å²) in [5.41, 5.74) is 3.39. The van der Waals surface area contributed by atoms with Gasteiger partial charge in [-0.05, 0) is 38.1 Å². The molecule has 1 aliphatic heterocycles. The maximum atomic E-state index is 4.44. The molecule has 0 amide bonds. The highest BCUT2D eigenvalue weighted by atomic mass is 32.1. The predicted octanol–water partition coefficient (Wildman–Crippen LogP) is 1.61. The van der Waals surface area contributed by atoms with Crippen molar-refractivity contribution in [2.24, 2.45) is 5.92 Å². The second-order valence-corrected chi connectivity index (χ2v) is 5.03. The molecule has 0 radical (unpaired) electrons. The third kappa shape index (κ3) is 1.30. The first-order chi connectivity index (χ1) is 6.43. The largest absolute Gasteiger partial charge is 0.313 e. The van der Waals surface area contributed by atoms with Gasteiger partial charge in [-0.2, -0.15) is 0 Å². The van der Waals surface area contributed by atoms with Crippen LogP contribution in [0.4, 0.5) is 0 Å². The molecular formula is C10H14N2S. The monoisotopic (exact) mass is 194 g/mol. The normalized spacial score (nSPS) is 32.3. The van der Waals surface area contributed by atoms with Gasteiger partial charge in [0.25, 0.3) is 0 Å². The van der Waals surface area contributed by atoms with Gasteiger partial charge in [-0.15, -0.1) is 11.3 Å². The number of nitrogens with one attached hydrogen (secondary N) is 1. The Morgan fingerprint density at radius 1 is 1.46 bits per heavy atom. The number of rotatable bonds is 0.